The van der Waals surface area contributed by atoms with E-state index in [-0.39, 0.29) is 0 Å². The molecule has 1 fully saturated rings. The normalized spacial score (nSPS) is 19.8. The van der Waals surface area contributed by atoms with E-state index in [2.05, 4.69) is 14.9 Å². The molecular formula is C8H19N3S. The van der Waals surface area contributed by atoms with Gasteiger partial charge in [-0.3, -0.25) is 0 Å². The van der Waals surface area contributed by atoms with Gasteiger partial charge in [0.2, 0.25) is 0 Å². The summed E-state index contributed by atoms with van der Waals surface area (Å²) in [5.74, 6) is 1.25. The van der Waals surface area contributed by atoms with Crippen molar-refractivity contribution in [3.63, 3.8) is 0 Å². The first kappa shape index (κ1) is 10.3. The summed E-state index contributed by atoms with van der Waals surface area (Å²) in [6.07, 6.45) is 1.27. The molecule has 0 aromatic rings. The number of hydrogen-bond donors (Lipinski definition) is 2. The number of nitrogens with zero attached hydrogens (tertiary/aromatic N) is 1. The zero-order valence-electron chi connectivity index (χ0n) is 7.81. The fourth-order valence-corrected chi connectivity index (χ4v) is 2.19. The van der Waals surface area contributed by atoms with Crippen LogP contribution in [-0.4, -0.2) is 49.8 Å². The van der Waals surface area contributed by atoms with Gasteiger partial charge in [0.15, 0.2) is 0 Å². The van der Waals surface area contributed by atoms with Gasteiger partial charge >= 0.3 is 0 Å². The highest BCUT2D eigenvalue weighted by Gasteiger charge is 2.08. The third-order valence-electron chi connectivity index (χ3n) is 1.92. The molecule has 0 radical (unpaired) electrons. The van der Waals surface area contributed by atoms with Crippen LogP contribution >= 0.6 is 11.9 Å². The highest BCUT2D eigenvalue weighted by Crippen LogP contribution is 2.10. The molecular weight excluding hydrogens is 170 g/mol. The van der Waals surface area contributed by atoms with Crippen molar-refractivity contribution < 1.29 is 0 Å². The van der Waals surface area contributed by atoms with Gasteiger partial charge in [-0.25, -0.2) is 4.31 Å². The average Bonchev–Trinajstić information content (AvgIpc) is 2.14. The van der Waals surface area contributed by atoms with E-state index in [1.165, 1.54) is 25.3 Å². The van der Waals surface area contributed by atoms with Crippen LogP contribution in [0.5, 0.6) is 0 Å². The fourth-order valence-electron chi connectivity index (χ4n) is 1.22. The van der Waals surface area contributed by atoms with Crippen LogP contribution in [0.25, 0.3) is 0 Å². The van der Waals surface area contributed by atoms with Crippen molar-refractivity contribution in [1.29, 1.82) is 0 Å². The molecule has 2 N–H and O–H groups in total. The summed E-state index contributed by atoms with van der Waals surface area (Å²) in [7, 11) is 2.01. The number of nitrogens with one attached hydrogen (secondary N) is 2. The Labute approximate surface area is 79.4 Å². The summed E-state index contributed by atoms with van der Waals surface area (Å²) >= 11 is 1.99. The molecule has 1 aliphatic heterocycles. The summed E-state index contributed by atoms with van der Waals surface area (Å²) in [5, 5.41) is 6.51. The lowest BCUT2D eigenvalue weighted by Gasteiger charge is -2.25. The largest absolute Gasteiger partial charge is 0.320 e. The zero-order chi connectivity index (χ0) is 8.65. The maximum absolute atomic E-state index is 3.35. The Morgan fingerprint density at radius 3 is 2.83 bits per heavy atom. The van der Waals surface area contributed by atoms with Gasteiger partial charge in [0.1, 0.15) is 0 Å². The molecule has 4 heteroatoms. The third-order valence-corrected chi connectivity index (χ3v) is 3.12. The van der Waals surface area contributed by atoms with Crippen molar-refractivity contribution in [2.24, 2.45) is 0 Å². The molecule has 0 saturated carbocycles. The van der Waals surface area contributed by atoms with Crippen molar-refractivity contribution in [3.05, 3.63) is 0 Å². The van der Waals surface area contributed by atoms with Crippen LogP contribution in [0.4, 0.5) is 0 Å². The lowest BCUT2D eigenvalue weighted by molar-refractivity contribution is 0.396. The Morgan fingerprint density at radius 1 is 1.42 bits per heavy atom. The van der Waals surface area contributed by atoms with E-state index >= 15 is 0 Å². The number of piperazine rings is 1. The van der Waals surface area contributed by atoms with Crippen LogP contribution < -0.4 is 10.6 Å². The molecule has 1 saturated heterocycles. The van der Waals surface area contributed by atoms with Crippen LogP contribution in [-0.2, 0) is 0 Å². The molecule has 0 amide bonds. The van der Waals surface area contributed by atoms with E-state index in [1.807, 2.05) is 19.0 Å². The molecule has 72 valence electrons. The molecule has 0 aliphatic carbocycles. The second kappa shape index (κ2) is 6.71. The summed E-state index contributed by atoms with van der Waals surface area (Å²) in [5.41, 5.74) is 0. The minimum atomic E-state index is 1.14. The van der Waals surface area contributed by atoms with E-state index < -0.39 is 0 Å². The van der Waals surface area contributed by atoms with Crippen molar-refractivity contribution in [3.8, 4) is 0 Å². The Morgan fingerprint density at radius 2 is 2.17 bits per heavy atom. The van der Waals surface area contributed by atoms with Gasteiger partial charge < -0.3 is 10.6 Å². The average molecular weight is 189 g/mol. The van der Waals surface area contributed by atoms with E-state index in [1.54, 1.807) is 0 Å². The Kier molecular flexibility index (Phi) is 5.77. The van der Waals surface area contributed by atoms with Gasteiger partial charge in [-0.05, 0) is 20.0 Å². The van der Waals surface area contributed by atoms with Crippen LogP contribution in [0.2, 0.25) is 0 Å². The van der Waals surface area contributed by atoms with Gasteiger partial charge in [0, 0.05) is 31.9 Å². The maximum atomic E-state index is 3.35. The summed E-state index contributed by atoms with van der Waals surface area (Å²) < 4.78 is 2.46. The standard InChI is InChI=1S/C8H19N3S/c1-9-3-2-8-12-11-6-4-10-5-7-11/h9-10H,2-8H2,1H3. The molecule has 0 spiro atoms. The van der Waals surface area contributed by atoms with Crippen molar-refractivity contribution in [2.75, 3.05) is 45.5 Å². The second-order valence-electron chi connectivity index (χ2n) is 2.97. The van der Waals surface area contributed by atoms with E-state index in [0.29, 0.717) is 0 Å². The highest BCUT2D eigenvalue weighted by atomic mass is 32.2. The van der Waals surface area contributed by atoms with Gasteiger partial charge in [-0.1, -0.05) is 11.9 Å². The van der Waals surface area contributed by atoms with Crippen LogP contribution in [0, 0.1) is 0 Å². The molecule has 1 aliphatic rings. The summed E-state index contributed by atoms with van der Waals surface area (Å²) in [6, 6.07) is 0. The molecule has 12 heavy (non-hydrogen) atoms. The maximum Gasteiger partial charge on any atom is 0.0215 e. The minimum Gasteiger partial charge on any atom is -0.320 e. The Bertz CT molecular complexity index is 104. The van der Waals surface area contributed by atoms with Gasteiger partial charge in [-0.15, -0.1) is 0 Å². The van der Waals surface area contributed by atoms with Crippen molar-refractivity contribution in [2.45, 2.75) is 6.42 Å². The lowest BCUT2D eigenvalue weighted by Crippen LogP contribution is -2.40. The topological polar surface area (TPSA) is 27.3 Å². The highest BCUT2D eigenvalue weighted by molar-refractivity contribution is 7.97. The minimum absolute atomic E-state index is 1.14. The van der Waals surface area contributed by atoms with Gasteiger partial charge in [0.25, 0.3) is 0 Å². The molecule has 1 rings (SSSR count). The van der Waals surface area contributed by atoms with Gasteiger partial charge in [0.05, 0.1) is 0 Å². The van der Waals surface area contributed by atoms with Gasteiger partial charge in [-0.2, -0.15) is 0 Å². The van der Waals surface area contributed by atoms with E-state index in [4.69, 9.17) is 0 Å². The molecule has 0 unspecified atom stereocenters. The first-order valence-electron chi connectivity index (χ1n) is 4.66. The summed E-state index contributed by atoms with van der Waals surface area (Å²) in [4.78, 5) is 0. The zero-order valence-corrected chi connectivity index (χ0v) is 8.62. The van der Waals surface area contributed by atoms with Crippen molar-refractivity contribution in [1.82, 2.24) is 14.9 Å². The predicted molar refractivity (Wildman–Crippen MR) is 55.4 cm³/mol. The second-order valence-corrected chi connectivity index (χ2v) is 4.15. The third kappa shape index (κ3) is 4.30. The Balaban J connectivity index is 1.91. The first-order chi connectivity index (χ1) is 5.93. The van der Waals surface area contributed by atoms with Crippen LogP contribution in [0.15, 0.2) is 0 Å². The fraction of sp³-hybridized carbons (Fsp3) is 1.00. The smallest absolute Gasteiger partial charge is 0.0215 e. The molecule has 1 heterocycles. The van der Waals surface area contributed by atoms with Crippen LogP contribution in [0.1, 0.15) is 6.42 Å². The number of hydrogen-bond acceptors (Lipinski definition) is 4. The monoisotopic (exact) mass is 189 g/mol. The molecule has 0 aromatic heterocycles. The summed E-state index contributed by atoms with van der Waals surface area (Å²) in [6.45, 7) is 5.84. The Hall–Kier alpha value is 0.230. The van der Waals surface area contributed by atoms with E-state index in [9.17, 15) is 0 Å². The van der Waals surface area contributed by atoms with E-state index in [0.717, 1.165) is 19.6 Å². The van der Waals surface area contributed by atoms with Crippen LogP contribution in [0.3, 0.4) is 0 Å². The molecule has 0 aromatic carbocycles. The van der Waals surface area contributed by atoms with Crippen molar-refractivity contribution >= 4 is 11.9 Å². The first-order valence-corrected chi connectivity index (χ1v) is 5.61. The predicted octanol–water partition coefficient (Wildman–Crippen LogP) is 0.149. The quantitative estimate of drug-likeness (QED) is 0.475. The lowest BCUT2D eigenvalue weighted by atomic mass is 10.4. The molecule has 0 bridgehead atoms. The molecule has 3 nitrogen and oxygen atoms in total. The SMILES string of the molecule is CNCCCSN1CCNCC1. The molecule has 0 atom stereocenters. The number of rotatable bonds is 5.